The van der Waals surface area contributed by atoms with E-state index in [1.54, 1.807) is 7.05 Å². The summed E-state index contributed by atoms with van der Waals surface area (Å²) in [5, 5.41) is 5.38. The summed E-state index contributed by atoms with van der Waals surface area (Å²) in [5.41, 5.74) is 6.61. The number of hydrogen-bond acceptors (Lipinski definition) is 3. The molecule has 0 aliphatic heterocycles. The highest BCUT2D eigenvalue weighted by Gasteiger charge is 2.28. The first-order chi connectivity index (χ1) is 16.2. The van der Waals surface area contributed by atoms with Crippen molar-refractivity contribution in [2.24, 2.45) is 0 Å². The van der Waals surface area contributed by atoms with E-state index in [9.17, 15) is 9.59 Å². The molecule has 0 unspecified atom stereocenters. The maximum atomic E-state index is 12.2. The Balaban J connectivity index is 1.23. The molecule has 3 aromatic carbocycles. The molecule has 0 atom stereocenters. The lowest BCUT2D eigenvalue weighted by atomic mass is 9.98. The van der Waals surface area contributed by atoms with Crippen LogP contribution in [-0.4, -0.2) is 32.2 Å². The van der Waals surface area contributed by atoms with Gasteiger partial charge in [0.2, 0.25) is 5.91 Å². The Kier molecular flexibility index (Phi) is 7.06. The number of likely N-dealkylation sites (N-methyl/N-ethyl adjacent to an activating group) is 1. The first kappa shape index (κ1) is 22.2. The smallest absolute Gasteiger partial charge is 0.407 e. The normalized spacial score (nSPS) is 11.5. The molecule has 5 heteroatoms. The van der Waals surface area contributed by atoms with Crippen LogP contribution in [-0.2, 0) is 16.0 Å². The van der Waals surface area contributed by atoms with Gasteiger partial charge in [0.25, 0.3) is 0 Å². The third-order valence-corrected chi connectivity index (χ3v) is 5.69. The second-order valence-corrected chi connectivity index (χ2v) is 7.85. The average molecular weight is 439 g/mol. The van der Waals surface area contributed by atoms with Crippen LogP contribution in [0.5, 0.6) is 0 Å². The van der Waals surface area contributed by atoms with E-state index in [-0.39, 0.29) is 11.8 Å². The maximum absolute atomic E-state index is 12.2. The van der Waals surface area contributed by atoms with E-state index in [0.717, 1.165) is 11.1 Å². The maximum Gasteiger partial charge on any atom is 0.407 e. The highest BCUT2D eigenvalue weighted by molar-refractivity contribution is 5.79. The molecule has 1 aliphatic rings. The van der Waals surface area contributed by atoms with Gasteiger partial charge in [-0.3, -0.25) is 4.79 Å². The number of hydrogen-bond donors (Lipinski definition) is 2. The predicted octanol–water partition coefficient (Wildman–Crippen LogP) is 4.26. The summed E-state index contributed by atoms with van der Waals surface area (Å²) in [6.45, 7) is 0.715. The second-order valence-electron chi connectivity index (χ2n) is 7.85. The molecule has 0 fully saturated rings. The van der Waals surface area contributed by atoms with Crippen molar-refractivity contribution in [2.75, 3.05) is 20.2 Å². The SMILES string of the molecule is CNC(=O)Cc1ccc(C#CCCNC(=O)OCC2c3ccccc3-c3ccccc32)cc1. The minimum atomic E-state index is -0.433. The molecule has 0 aromatic heterocycles. The van der Waals surface area contributed by atoms with Gasteiger partial charge in [0, 0.05) is 31.5 Å². The molecule has 166 valence electrons. The van der Waals surface area contributed by atoms with Crippen molar-refractivity contribution in [1.29, 1.82) is 0 Å². The zero-order chi connectivity index (χ0) is 23.0. The number of carbonyl (C=O) groups is 2. The fourth-order valence-corrected chi connectivity index (χ4v) is 4.02. The number of benzene rings is 3. The Labute approximate surface area is 194 Å². The third kappa shape index (κ3) is 5.42. The molecule has 0 bridgehead atoms. The quantitative estimate of drug-likeness (QED) is 0.447. The number of alkyl carbamates (subject to hydrolysis) is 1. The highest BCUT2D eigenvalue weighted by atomic mass is 16.5. The zero-order valence-corrected chi connectivity index (χ0v) is 18.6. The predicted molar refractivity (Wildman–Crippen MR) is 129 cm³/mol. The van der Waals surface area contributed by atoms with Crippen LogP contribution in [0.1, 0.15) is 34.6 Å². The van der Waals surface area contributed by atoms with Gasteiger partial charge in [-0.15, -0.1) is 0 Å². The molecular formula is C28H26N2O3. The molecule has 4 rings (SSSR count). The van der Waals surface area contributed by atoms with Crippen LogP contribution >= 0.6 is 0 Å². The van der Waals surface area contributed by atoms with Crippen molar-refractivity contribution in [1.82, 2.24) is 10.6 Å². The summed E-state index contributed by atoms with van der Waals surface area (Å²) in [7, 11) is 1.62. The Hall–Kier alpha value is -4.04. The lowest BCUT2D eigenvalue weighted by Crippen LogP contribution is -2.26. The van der Waals surface area contributed by atoms with Gasteiger partial charge in [0.1, 0.15) is 6.61 Å². The summed E-state index contributed by atoms with van der Waals surface area (Å²) in [6, 6.07) is 24.1. The standard InChI is InChI=1S/C28H26N2O3/c1-29-27(31)18-21-15-13-20(14-16-21)8-6-7-17-30-28(32)33-19-26-24-11-4-2-9-22(24)23-10-3-5-12-25(23)26/h2-5,9-16,26H,7,17-19H2,1H3,(H,29,31)(H,30,32). The number of fused-ring (bicyclic) bond motifs is 3. The van der Waals surface area contributed by atoms with E-state index in [0.29, 0.717) is 26.0 Å². The molecule has 0 radical (unpaired) electrons. The molecule has 33 heavy (non-hydrogen) atoms. The number of rotatable bonds is 6. The molecule has 5 nitrogen and oxygen atoms in total. The summed E-state index contributed by atoms with van der Waals surface area (Å²) in [4.78, 5) is 23.6. The van der Waals surface area contributed by atoms with Gasteiger partial charge in [0.05, 0.1) is 6.42 Å². The average Bonchev–Trinajstić information content (AvgIpc) is 3.17. The Morgan fingerprint density at radius 2 is 1.55 bits per heavy atom. The number of carbonyl (C=O) groups excluding carboxylic acids is 2. The summed E-state index contributed by atoms with van der Waals surface area (Å²) in [6.07, 6.45) is 0.440. The summed E-state index contributed by atoms with van der Waals surface area (Å²) in [5.74, 6) is 6.15. The first-order valence-electron chi connectivity index (χ1n) is 11.0. The van der Waals surface area contributed by atoms with Crippen LogP contribution in [0.15, 0.2) is 72.8 Å². The third-order valence-electron chi connectivity index (χ3n) is 5.69. The highest BCUT2D eigenvalue weighted by Crippen LogP contribution is 2.44. The fraction of sp³-hybridized carbons (Fsp3) is 0.214. The van der Waals surface area contributed by atoms with Gasteiger partial charge in [-0.05, 0) is 39.9 Å². The number of nitrogens with one attached hydrogen (secondary N) is 2. The van der Waals surface area contributed by atoms with Crippen molar-refractivity contribution >= 4 is 12.0 Å². The minimum absolute atomic E-state index is 0.0202. The van der Waals surface area contributed by atoms with E-state index >= 15 is 0 Å². The molecule has 3 aromatic rings. The lowest BCUT2D eigenvalue weighted by molar-refractivity contribution is -0.119. The van der Waals surface area contributed by atoms with Gasteiger partial charge in [-0.1, -0.05) is 72.5 Å². The van der Waals surface area contributed by atoms with Crippen molar-refractivity contribution in [2.45, 2.75) is 18.8 Å². The Bertz CT molecular complexity index is 1160. The molecular weight excluding hydrogens is 412 g/mol. The number of amides is 2. The van der Waals surface area contributed by atoms with E-state index < -0.39 is 6.09 Å². The van der Waals surface area contributed by atoms with Crippen molar-refractivity contribution in [3.8, 4) is 23.0 Å². The summed E-state index contributed by atoms with van der Waals surface area (Å²) < 4.78 is 5.53. The van der Waals surface area contributed by atoms with Crippen LogP contribution in [0.25, 0.3) is 11.1 Å². The van der Waals surface area contributed by atoms with E-state index in [1.807, 2.05) is 48.5 Å². The van der Waals surface area contributed by atoms with Gasteiger partial charge >= 0.3 is 6.09 Å². The molecule has 2 amide bonds. The lowest BCUT2D eigenvalue weighted by Gasteiger charge is -2.14. The van der Waals surface area contributed by atoms with Crippen molar-refractivity contribution < 1.29 is 14.3 Å². The van der Waals surface area contributed by atoms with Crippen LogP contribution in [0.2, 0.25) is 0 Å². The van der Waals surface area contributed by atoms with Gasteiger partial charge in [0.15, 0.2) is 0 Å². The van der Waals surface area contributed by atoms with Gasteiger partial charge < -0.3 is 15.4 Å². The van der Waals surface area contributed by atoms with E-state index in [2.05, 4.69) is 46.7 Å². The minimum Gasteiger partial charge on any atom is -0.449 e. The molecule has 2 N–H and O–H groups in total. The summed E-state index contributed by atoms with van der Waals surface area (Å²) >= 11 is 0. The Morgan fingerprint density at radius 3 is 2.18 bits per heavy atom. The zero-order valence-electron chi connectivity index (χ0n) is 18.6. The second kappa shape index (κ2) is 10.5. The van der Waals surface area contributed by atoms with Gasteiger partial charge in [-0.2, -0.15) is 0 Å². The molecule has 0 spiro atoms. The largest absolute Gasteiger partial charge is 0.449 e. The van der Waals surface area contributed by atoms with Crippen LogP contribution < -0.4 is 10.6 Å². The van der Waals surface area contributed by atoms with Gasteiger partial charge in [-0.25, -0.2) is 4.79 Å². The van der Waals surface area contributed by atoms with Crippen molar-refractivity contribution in [3.05, 3.63) is 95.1 Å². The molecule has 0 saturated carbocycles. The van der Waals surface area contributed by atoms with Crippen LogP contribution in [0.3, 0.4) is 0 Å². The monoisotopic (exact) mass is 438 g/mol. The number of ether oxygens (including phenoxy) is 1. The molecule has 1 aliphatic carbocycles. The fourth-order valence-electron chi connectivity index (χ4n) is 4.02. The topological polar surface area (TPSA) is 67.4 Å². The van der Waals surface area contributed by atoms with E-state index in [1.165, 1.54) is 22.3 Å². The molecule has 0 heterocycles. The van der Waals surface area contributed by atoms with Crippen LogP contribution in [0, 0.1) is 11.8 Å². The Morgan fingerprint density at radius 1 is 0.909 bits per heavy atom. The molecule has 0 saturated heterocycles. The van der Waals surface area contributed by atoms with Crippen LogP contribution in [0.4, 0.5) is 4.79 Å². The van der Waals surface area contributed by atoms with E-state index in [4.69, 9.17) is 4.74 Å². The first-order valence-corrected chi connectivity index (χ1v) is 11.0. The van der Waals surface area contributed by atoms with Crippen molar-refractivity contribution in [3.63, 3.8) is 0 Å².